The van der Waals surface area contributed by atoms with Crippen molar-refractivity contribution in [3.63, 3.8) is 0 Å². The minimum Gasteiger partial charge on any atom is -0.462 e. The molecule has 0 bridgehead atoms. The molecular formula is C20H32O6Si2. The molecule has 6 nitrogen and oxygen atoms in total. The normalized spacial score (nSPS) is 13.4. The van der Waals surface area contributed by atoms with Crippen LogP contribution >= 0.6 is 0 Å². The fourth-order valence-corrected chi connectivity index (χ4v) is 4.63. The first-order valence-corrected chi connectivity index (χ1v) is 14.2. The van der Waals surface area contributed by atoms with Crippen LogP contribution in [-0.2, 0) is 9.47 Å². The van der Waals surface area contributed by atoms with Gasteiger partial charge in [-0.25, -0.2) is 9.59 Å². The molecule has 0 saturated carbocycles. The molecule has 156 valence electrons. The molecule has 0 fully saturated rings. The highest BCUT2D eigenvalue weighted by molar-refractivity contribution is 6.58. The topological polar surface area (TPSA) is 93.1 Å². The highest BCUT2D eigenvalue weighted by Gasteiger charge is 2.15. The summed E-state index contributed by atoms with van der Waals surface area (Å²) in [5.41, 5.74) is 0.0843. The number of ether oxygens (including phenoxy) is 2. The van der Waals surface area contributed by atoms with E-state index in [0.29, 0.717) is 24.3 Å². The fraction of sp³-hybridized carbons (Fsp3) is 0.600. The molecule has 0 aromatic heterocycles. The number of carbonyl (C=O) groups excluding carboxylic acids is 2. The van der Waals surface area contributed by atoms with Crippen LogP contribution in [0, 0.1) is 0 Å². The van der Waals surface area contributed by atoms with E-state index >= 15 is 0 Å². The largest absolute Gasteiger partial charge is 0.462 e. The Labute approximate surface area is 171 Å². The Morgan fingerprint density at radius 2 is 1.29 bits per heavy atom. The van der Waals surface area contributed by atoms with E-state index < -0.39 is 29.5 Å². The summed E-state index contributed by atoms with van der Waals surface area (Å²) in [6.45, 7) is 8.29. The lowest BCUT2D eigenvalue weighted by Crippen LogP contribution is -2.24. The summed E-state index contributed by atoms with van der Waals surface area (Å²) in [6, 6.07) is 8.08. The van der Waals surface area contributed by atoms with Crippen molar-refractivity contribution in [2.75, 3.05) is 13.2 Å². The van der Waals surface area contributed by atoms with Gasteiger partial charge in [-0.1, -0.05) is 31.2 Å². The molecular weight excluding hydrogens is 392 g/mol. The minimum atomic E-state index is -0.816. The molecule has 0 aliphatic rings. The van der Waals surface area contributed by atoms with E-state index in [0.717, 1.165) is 24.9 Å². The Morgan fingerprint density at radius 3 is 1.64 bits per heavy atom. The molecule has 1 aromatic rings. The van der Waals surface area contributed by atoms with Gasteiger partial charge in [0.1, 0.15) is 0 Å². The molecule has 28 heavy (non-hydrogen) atoms. The SMILES string of the molecule is CC(O)[Si](C)CCCOC(=O)c1cccc(C(=O)OCCC[Si](C)C(C)O)c1. The Morgan fingerprint density at radius 1 is 0.893 bits per heavy atom. The molecule has 1 aromatic carbocycles. The first-order chi connectivity index (χ1) is 13.2. The number of esters is 2. The summed E-state index contributed by atoms with van der Waals surface area (Å²) in [7, 11) is -1.63. The number of hydrogen-bond acceptors (Lipinski definition) is 6. The van der Waals surface area contributed by atoms with Gasteiger partial charge in [-0.3, -0.25) is 0 Å². The van der Waals surface area contributed by atoms with Crippen molar-refractivity contribution in [3.05, 3.63) is 35.4 Å². The molecule has 1 rings (SSSR count). The van der Waals surface area contributed by atoms with E-state index in [2.05, 4.69) is 13.1 Å². The highest BCUT2D eigenvalue weighted by Crippen LogP contribution is 2.11. The van der Waals surface area contributed by atoms with Crippen molar-refractivity contribution in [1.82, 2.24) is 0 Å². The van der Waals surface area contributed by atoms with Gasteiger partial charge >= 0.3 is 11.9 Å². The molecule has 2 atom stereocenters. The van der Waals surface area contributed by atoms with Gasteiger partial charge < -0.3 is 19.7 Å². The number of aliphatic hydroxyl groups is 2. The summed E-state index contributed by atoms with van der Waals surface area (Å²) in [5, 5.41) is 19.0. The summed E-state index contributed by atoms with van der Waals surface area (Å²) in [6.07, 6.45) is 1.44. The first kappa shape index (κ1) is 24.6. The Hall–Kier alpha value is -1.49. The second-order valence-electron chi connectivity index (χ2n) is 7.10. The third-order valence-corrected chi connectivity index (χ3v) is 9.79. The van der Waals surface area contributed by atoms with Crippen LogP contribution in [-0.4, -0.2) is 64.4 Å². The van der Waals surface area contributed by atoms with Gasteiger partial charge in [0, 0.05) is 11.5 Å². The second-order valence-corrected chi connectivity index (χ2v) is 13.2. The van der Waals surface area contributed by atoms with Crippen LogP contribution in [0.4, 0.5) is 0 Å². The zero-order chi connectivity index (χ0) is 21.1. The average molecular weight is 425 g/mol. The minimum absolute atomic E-state index is 0.277. The van der Waals surface area contributed by atoms with Gasteiger partial charge in [-0.05, 0) is 44.9 Å². The van der Waals surface area contributed by atoms with Crippen molar-refractivity contribution < 1.29 is 29.3 Å². The molecule has 0 heterocycles. The zero-order valence-electron chi connectivity index (χ0n) is 17.2. The highest BCUT2D eigenvalue weighted by atomic mass is 28.3. The van der Waals surface area contributed by atoms with Crippen LogP contribution in [0.5, 0.6) is 0 Å². The lowest BCUT2D eigenvalue weighted by Gasteiger charge is -2.12. The molecule has 0 amide bonds. The smallest absolute Gasteiger partial charge is 0.338 e. The maximum atomic E-state index is 12.2. The Bertz CT molecular complexity index is 571. The van der Waals surface area contributed by atoms with Crippen molar-refractivity contribution in [3.8, 4) is 0 Å². The predicted molar refractivity (Wildman–Crippen MR) is 112 cm³/mol. The molecule has 0 aliphatic carbocycles. The van der Waals surface area contributed by atoms with E-state index in [1.165, 1.54) is 6.07 Å². The number of benzene rings is 1. The number of carbonyl (C=O) groups is 2. The van der Waals surface area contributed by atoms with Crippen LogP contribution < -0.4 is 0 Å². The number of rotatable bonds is 12. The van der Waals surface area contributed by atoms with E-state index in [9.17, 15) is 19.8 Å². The molecule has 2 unspecified atom stereocenters. The van der Waals surface area contributed by atoms with Crippen LogP contribution in [0.1, 0.15) is 47.4 Å². The maximum absolute atomic E-state index is 12.2. The van der Waals surface area contributed by atoms with Crippen LogP contribution in [0.2, 0.25) is 25.2 Å². The van der Waals surface area contributed by atoms with Crippen molar-refractivity contribution in [1.29, 1.82) is 0 Å². The van der Waals surface area contributed by atoms with Crippen LogP contribution in [0.3, 0.4) is 0 Å². The van der Waals surface area contributed by atoms with E-state index in [1.54, 1.807) is 32.0 Å². The molecule has 8 heteroatoms. The van der Waals surface area contributed by atoms with Crippen LogP contribution in [0.15, 0.2) is 24.3 Å². The lowest BCUT2D eigenvalue weighted by molar-refractivity contribution is 0.0503. The molecule has 0 spiro atoms. The van der Waals surface area contributed by atoms with Gasteiger partial charge in [0.25, 0.3) is 0 Å². The third kappa shape index (κ3) is 9.14. The quantitative estimate of drug-likeness (QED) is 0.304. The molecule has 0 saturated heterocycles. The number of hydrogen-bond donors (Lipinski definition) is 2. The lowest BCUT2D eigenvalue weighted by atomic mass is 10.1. The summed E-state index contributed by atoms with van der Waals surface area (Å²) in [5.74, 6) is -0.932. The van der Waals surface area contributed by atoms with Gasteiger partial charge in [-0.2, -0.15) is 0 Å². The Kier molecular flexibility index (Phi) is 11.3. The Balaban J connectivity index is 2.43. The molecule has 0 aliphatic heterocycles. The van der Waals surface area contributed by atoms with Gasteiger partial charge in [0.15, 0.2) is 0 Å². The number of aliphatic hydroxyl groups excluding tert-OH is 2. The fourth-order valence-electron chi connectivity index (χ4n) is 2.39. The van der Waals surface area contributed by atoms with Gasteiger partial charge in [0.2, 0.25) is 0 Å². The van der Waals surface area contributed by atoms with E-state index in [-0.39, 0.29) is 11.5 Å². The van der Waals surface area contributed by atoms with Crippen molar-refractivity contribution >= 4 is 29.5 Å². The molecule has 2 radical (unpaired) electrons. The standard InChI is InChI=1S/C20H32O6Si2/c1-15(21)27(3)12-6-10-25-19(23)17-8-5-9-18(14-17)20(24)26-11-7-13-28(4)16(2)22/h5,8-9,14-16,21-22H,6-7,10-13H2,1-4H3. The van der Waals surface area contributed by atoms with Crippen molar-refractivity contribution in [2.45, 2.75) is 63.3 Å². The monoisotopic (exact) mass is 424 g/mol. The van der Waals surface area contributed by atoms with Crippen LogP contribution in [0.25, 0.3) is 0 Å². The van der Waals surface area contributed by atoms with Crippen molar-refractivity contribution in [2.24, 2.45) is 0 Å². The van der Waals surface area contributed by atoms with E-state index in [1.807, 2.05) is 0 Å². The zero-order valence-corrected chi connectivity index (χ0v) is 19.2. The predicted octanol–water partition coefficient (Wildman–Crippen LogP) is 2.87. The van der Waals surface area contributed by atoms with Gasteiger partial charge in [-0.15, -0.1) is 0 Å². The maximum Gasteiger partial charge on any atom is 0.338 e. The second kappa shape index (κ2) is 12.9. The summed E-state index contributed by atoms with van der Waals surface area (Å²) in [4.78, 5) is 24.3. The summed E-state index contributed by atoms with van der Waals surface area (Å²) >= 11 is 0. The third-order valence-electron chi connectivity index (χ3n) is 4.66. The summed E-state index contributed by atoms with van der Waals surface area (Å²) < 4.78 is 10.5. The van der Waals surface area contributed by atoms with Gasteiger partial charge in [0.05, 0.1) is 41.9 Å². The molecule has 2 N–H and O–H groups in total. The first-order valence-electron chi connectivity index (χ1n) is 9.67. The average Bonchev–Trinajstić information content (AvgIpc) is 2.67. The van der Waals surface area contributed by atoms with E-state index in [4.69, 9.17) is 9.47 Å².